The topological polar surface area (TPSA) is 90.2 Å². The number of aryl methyl sites for hydroxylation is 1. The molecule has 0 aliphatic rings. The van der Waals surface area contributed by atoms with Crippen LogP contribution in [-0.2, 0) is 6.42 Å². The van der Waals surface area contributed by atoms with Crippen LogP contribution < -0.4 is 11.6 Å². The Labute approximate surface area is 99.6 Å². The van der Waals surface area contributed by atoms with E-state index < -0.39 is 0 Å². The van der Waals surface area contributed by atoms with Crippen molar-refractivity contribution in [3.63, 3.8) is 0 Å². The SMILES string of the molecule is N/N=C(\N)CCCc1ccc2cccnc2n1. The summed E-state index contributed by atoms with van der Waals surface area (Å²) in [5, 5.41) is 4.49. The van der Waals surface area contributed by atoms with Gasteiger partial charge in [0.05, 0.1) is 0 Å². The molecule has 0 aliphatic carbocycles. The van der Waals surface area contributed by atoms with Gasteiger partial charge in [-0.25, -0.2) is 9.97 Å². The summed E-state index contributed by atoms with van der Waals surface area (Å²) < 4.78 is 0. The fourth-order valence-electron chi connectivity index (χ4n) is 1.65. The molecule has 2 aromatic heterocycles. The summed E-state index contributed by atoms with van der Waals surface area (Å²) in [6, 6.07) is 7.95. The Morgan fingerprint density at radius 1 is 1.29 bits per heavy atom. The molecule has 0 bridgehead atoms. The standard InChI is InChI=1S/C12H15N5/c13-11(17-14)5-1-4-10-7-6-9-3-2-8-15-12(9)16-10/h2-3,6-8H,1,4-5,14H2,(H2,13,17). The van der Waals surface area contributed by atoms with E-state index in [2.05, 4.69) is 15.1 Å². The first-order chi connectivity index (χ1) is 8.29. The normalized spacial score (nSPS) is 11.9. The monoisotopic (exact) mass is 229 g/mol. The number of fused-ring (bicyclic) bond motifs is 1. The lowest BCUT2D eigenvalue weighted by Gasteiger charge is -2.02. The van der Waals surface area contributed by atoms with Gasteiger partial charge in [-0.1, -0.05) is 0 Å². The molecular weight excluding hydrogens is 214 g/mol. The number of amidine groups is 1. The summed E-state index contributed by atoms with van der Waals surface area (Å²) in [4.78, 5) is 8.70. The van der Waals surface area contributed by atoms with Crippen LogP contribution in [0, 0.1) is 0 Å². The number of rotatable bonds is 4. The molecule has 0 saturated heterocycles. The lowest BCUT2D eigenvalue weighted by molar-refractivity contribution is 0.833. The van der Waals surface area contributed by atoms with Crippen LogP contribution in [0.25, 0.3) is 11.0 Å². The highest BCUT2D eigenvalue weighted by atomic mass is 15.1. The first-order valence-electron chi connectivity index (χ1n) is 5.52. The van der Waals surface area contributed by atoms with Crippen molar-refractivity contribution >= 4 is 16.9 Å². The quantitative estimate of drug-likeness (QED) is 0.356. The minimum absolute atomic E-state index is 0.476. The summed E-state index contributed by atoms with van der Waals surface area (Å²) in [6.07, 6.45) is 4.18. The highest BCUT2D eigenvalue weighted by molar-refractivity contribution is 5.79. The van der Waals surface area contributed by atoms with Crippen molar-refractivity contribution in [1.29, 1.82) is 0 Å². The zero-order chi connectivity index (χ0) is 12.1. The lowest BCUT2D eigenvalue weighted by Crippen LogP contribution is -2.13. The van der Waals surface area contributed by atoms with E-state index in [0.717, 1.165) is 29.6 Å². The van der Waals surface area contributed by atoms with Gasteiger partial charge in [0.25, 0.3) is 0 Å². The number of hydrogen-bond donors (Lipinski definition) is 2. The molecule has 2 aromatic rings. The average Bonchev–Trinajstić information content (AvgIpc) is 2.38. The molecular formula is C12H15N5. The summed E-state index contributed by atoms with van der Waals surface area (Å²) in [7, 11) is 0. The van der Waals surface area contributed by atoms with Gasteiger partial charge in [-0.15, -0.1) is 0 Å². The largest absolute Gasteiger partial charge is 0.386 e. The highest BCUT2D eigenvalue weighted by Gasteiger charge is 2.00. The fraction of sp³-hybridized carbons (Fsp3) is 0.250. The van der Waals surface area contributed by atoms with Gasteiger partial charge in [0.15, 0.2) is 5.65 Å². The van der Waals surface area contributed by atoms with Crippen molar-refractivity contribution in [1.82, 2.24) is 9.97 Å². The second kappa shape index (κ2) is 5.25. The molecule has 0 atom stereocenters. The molecule has 0 aliphatic heterocycles. The fourth-order valence-corrected chi connectivity index (χ4v) is 1.65. The highest BCUT2D eigenvalue weighted by Crippen LogP contribution is 2.10. The maximum atomic E-state index is 5.52. The second-order valence-corrected chi connectivity index (χ2v) is 3.83. The van der Waals surface area contributed by atoms with Crippen molar-refractivity contribution in [3.8, 4) is 0 Å². The van der Waals surface area contributed by atoms with Gasteiger partial charge in [-0.05, 0) is 37.1 Å². The van der Waals surface area contributed by atoms with E-state index in [9.17, 15) is 0 Å². The zero-order valence-corrected chi connectivity index (χ0v) is 9.50. The molecule has 0 aromatic carbocycles. The zero-order valence-electron chi connectivity index (χ0n) is 9.50. The van der Waals surface area contributed by atoms with Crippen LogP contribution in [0.15, 0.2) is 35.6 Å². The average molecular weight is 229 g/mol. The molecule has 0 fully saturated rings. The van der Waals surface area contributed by atoms with Crippen molar-refractivity contribution in [2.24, 2.45) is 16.7 Å². The van der Waals surface area contributed by atoms with Gasteiger partial charge < -0.3 is 11.6 Å². The van der Waals surface area contributed by atoms with Crippen LogP contribution in [0.2, 0.25) is 0 Å². The molecule has 5 nitrogen and oxygen atoms in total. The second-order valence-electron chi connectivity index (χ2n) is 3.83. The van der Waals surface area contributed by atoms with Crippen LogP contribution in [0.1, 0.15) is 18.5 Å². The molecule has 0 saturated carbocycles. The van der Waals surface area contributed by atoms with Crippen LogP contribution in [-0.4, -0.2) is 15.8 Å². The number of hydrogen-bond acceptors (Lipinski definition) is 4. The minimum atomic E-state index is 0.476. The van der Waals surface area contributed by atoms with E-state index in [0.29, 0.717) is 12.3 Å². The predicted molar refractivity (Wildman–Crippen MR) is 68.3 cm³/mol. The summed E-state index contributed by atoms with van der Waals surface area (Å²) >= 11 is 0. The summed E-state index contributed by atoms with van der Waals surface area (Å²) in [5.41, 5.74) is 7.32. The molecule has 2 rings (SSSR count). The van der Waals surface area contributed by atoms with Crippen molar-refractivity contribution in [2.75, 3.05) is 0 Å². The van der Waals surface area contributed by atoms with Crippen molar-refractivity contribution in [2.45, 2.75) is 19.3 Å². The molecule has 0 unspecified atom stereocenters. The smallest absolute Gasteiger partial charge is 0.159 e. The maximum Gasteiger partial charge on any atom is 0.159 e. The maximum absolute atomic E-state index is 5.52. The van der Waals surface area contributed by atoms with Gasteiger partial charge in [-0.3, -0.25) is 0 Å². The first-order valence-corrected chi connectivity index (χ1v) is 5.52. The van der Waals surface area contributed by atoms with Gasteiger partial charge in [0.2, 0.25) is 0 Å². The van der Waals surface area contributed by atoms with Gasteiger partial charge in [0, 0.05) is 23.7 Å². The van der Waals surface area contributed by atoms with Gasteiger partial charge in [0.1, 0.15) is 5.84 Å². The van der Waals surface area contributed by atoms with E-state index in [-0.39, 0.29) is 0 Å². The Bertz CT molecular complexity index is 535. The Morgan fingerprint density at radius 3 is 3.00 bits per heavy atom. The van der Waals surface area contributed by atoms with E-state index in [4.69, 9.17) is 11.6 Å². The summed E-state index contributed by atoms with van der Waals surface area (Å²) in [6.45, 7) is 0. The van der Waals surface area contributed by atoms with Crippen LogP contribution >= 0.6 is 0 Å². The Kier molecular flexibility index (Phi) is 3.49. The molecule has 0 spiro atoms. The predicted octanol–water partition coefficient (Wildman–Crippen LogP) is 1.18. The third kappa shape index (κ3) is 2.90. The number of pyridine rings is 2. The third-order valence-electron chi connectivity index (χ3n) is 2.55. The van der Waals surface area contributed by atoms with Gasteiger partial charge in [-0.2, -0.15) is 5.10 Å². The van der Waals surface area contributed by atoms with E-state index in [1.54, 1.807) is 6.20 Å². The lowest BCUT2D eigenvalue weighted by atomic mass is 10.1. The molecule has 5 heteroatoms. The van der Waals surface area contributed by atoms with E-state index >= 15 is 0 Å². The molecule has 4 N–H and O–H groups in total. The minimum Gasteiger partial charge on any atom is -0.386 e. The molecule has 88 valence electrons. The number of nitrogens with two attached hydrogens (primary N) is 2. The van der Waals surface area contributed by atoms with Crippen LogP contribution in [0.5, 0.6) is 0 Å². The first kappa shape index (κ1) is 11.3. The number of nitrogens with zero attached hydrogens (tertiary/aromatic N) is 3. The van der Waals surface area contributed by atoms with E-state index in [1.807, 2.05) is 24.3 Å². The van der Waals surface area contributed by atoms with Crippen LogP contribution in [0.4, 0.5) is 0 Å². The molecule has 0 amide bonds. The van der Waals surface area contributed by atoms with Crippen molar-refractivity contribution in [3.05, 3.63) is 36.2 Å². The Morgan fingerprint density at radius 2 is 2.18 bits per heavy atom. The number of hydrazone groups is 1. The Balaban J connectivity index is 2.04. The molecule has 2 heterocycles. The van der Waals surface area contributed by atoms with E-state index in [1.165, 1.54) is 0 Å². The molecule has 17 heavy (non-hydrogen) atoms. The third-order valence-corrected chi connectivity index (χ3v) is 2.55. The van der Waals surface area contributed by atoms with Crippen molar-refractivity contribution < 1.29 is 0 Å². The number of aromatic nitrogens is 2. The summed E-state index contributed by atoms with van der Waals surface area (Å²) in [5.74, 6) is 5.54. The Hall–Kier alpha value is -2.17. The van der Waals surface area contributed by atoms with Crippen LogP contribution in [0.3, 0.4) is 0 Å². The molecule has 0 radical (unpaired) electrons. The van der Waals surface area contributed by atoms with Gasteiger partial charge >= 0.3 is 0 Å².